The van der Waals surface area contributed by atoms with Gasteiger partial charge in [0.15, 0.2) is 0 Å². The lowest BCUT2D eigenvalue weighted by molar-refractivity contribution is -0.133. The Bertz CT molecular complexity index is 232. The molecule has 0 radical (unpaired) electrons. The number of likely N-dealkylation sites (tertiary alicyclic amines) is 1. The molecule has 17 heavy (non-hydrogen) atoms. The van der Waals surface area contributed by atoms with Gasteiger partial charge in [-0.05, 0) is 31.7 Å². The molecule has 0 aromatic heterocycles. The fourth-order valence-electron chi connectivity index (χ4n) is 2.61. The Balaban J connectivity index is 2.29. The van der Waals surface area contributed by atoms with Gasteiger partial charge in [0.1, 0.15) is 0 Å². The van der Waals surface area contributed by atoms with E-state index < -0.39 is 0 Å². The molecule has 0 aliphatic carbocycles. The third kappa shape index (κ3) is 5.07. The first kappa shape index (κ1) is 14.5. The standard InChI is InChI=1S/C14H28N2O/c1-5-13-6-8-16(9-7-13)14(17)11-15(4)10-12(2)3/h12-13H,5-11H2,1-4H3. The van der Waals surface area contributed by atoms with Crippen LogP contribution in [0, 0.1) is 11.8 Å². The molecule has 0 bridgehead atoms. The molecule has 0 atom stereocenters. The molecule has 100 valence electrons. The highest BCUT2D eigenvalue weighted by atomic mass is 16.2. The van der Waals surface area contributed by atoms with Crippen molar-refractivity contribution < 1.29 is 4.79 Å². The van der Waals surface area contributed by atoms with E-state index in [1.165, 1.54) is 19.3 Å². The normalized spacial score (nSPS) is 18.1. The van der Waals surface area contributed by atoms with Gasteiger partial charge in [-0.25, -0.2) is 0 Å². The van der Waals surface area contributed by atoms with E-state index in [-0.39, 0.29) is 0 Å². The second-order valence-electron chi connectivity index (χ2n) is 5.82. The minimum atomic E-state index is 0.308. The van der Waals surface area contributed by atoms with Crippen molar-refractivity contribution in [1.29, 1.82) is 0 Å². The molecule has 0 spiro atoms. The van der Waals surface area contributed by atoms with E-state index in [9.17, 15) is 4.79 Å². The quantitative estimate of drug-likeness (QED) is 0.735. The van der Waals surface area contributed by atoms with E-state index in [2.05, 4.69) is 25.7 Å². The summed E-state index contributed by atoms with van der Waals surface area (Å²) in [5, 5.41) is 0. The van der Waals surface area contributed by atoms with Gasteiger partial charge in [0, 0.05) is 19.6 Å². The monoisotopic (exact) mass is 240 g/mol. The SMILES string of the molecule is CCC1CCN(C(=O)CN(C)CC(C)C)CC1. The van der Waals surface area contributed by atoms with Crippen LogP contribution < -0.4 is 0 Å². The van der Waals surface area contributed by atoms with Gasteiger partial charge in [-0.15, -0.1) is 0 Å². The minimum Gasteiger partial charge on any atom is -0.342 e. The summed E-state index contributed by atoms with van der Waals surface area (Å²) in [6.07, 6.45) is 3.64. The average molecular weight is 240 g/mol. The van der Waals surface area contributed by atoms with Crippen LogP contribution in [0.1, 0.15) is 40.0 Å². The molecular weight excluding hydrogens is 212 g/mol. The number of carbonyl (C=O) groups excluding carboxylic acids is 1. The number of hydrogen-bond acceptors (Lipinski definition) is 2. The number of nitrogens with zero attached hydrogens (tertiary/aromatic N) is 2. The van der Waals surface area contributed by atoms with Crippen LogP contribution in [0.5, 0.6) is 0 Å². The third-order valence-electron chi connectivity index (χ3n) is 3.63. The van der Waals surface area contributed by atoms with Crippen molar-refractivity contribution in [2.45, 2.75) is 40.0 Å². The van der Waals surface area contributed by atoms with E-state index in [0.29, 0.717) is 18.4 Å². The van der Waals surface area contributed by atoms with Crippen molar-refractivity contribution in [1.82, 2.24) is 9.80 Å². The number of amides is 1. The Labute approximate surface area is 106 Å². The van der Waals surface area contributed by atoms with Gasteiger partial charge < -0.3 is 4.90 Å². The van der Waals surface area contributed by atoms with E-state index in [0.717, 1.165) is 25.6 Å². The Morgan fingerprint density at radius 1 is 1.35 bits per heavy atom. The number of likely N-dealkylation sites (N-methyl/N-ethyl adjacent to an activating group) is 1. The maximum Gasteiger partial charge on any atom is 0.236 e. The highest BCUT2D eigenvalue weighted by Crippen LogP contribution is 2.19. The average Bonchev–Trinajstić information content (AvgIpc) is 2.28. The lowest BCUT2D eigenvalue weighted by atomic mass is 9.94. The summed E-state index contributed by atoms with van der Waals surface area (Å²) >= 11 is 0. The summed E-state index contributed by atoms with van der Waals surface area (Å²) in [5.74, 6) is 1.77. The smallest absolute Gasteiger partial charge is 0.236 e. The number of hydrogen-bond donors (Lipinski definition) is 0. The number of rotatable bonds is 5. The molecule has 1 aliphatic heterocycles. The van der Waals surface area contributed by atoms with Gasteiger partial charge in [0.05, 0.1) is 6.54 Å². The maximum absolute atomic E-state index is 12.1. The molecule has 0 aromatic carbocycles. The van der Waals surface area contributed by atoms with E-state index >= 15 is 0 Å². The summed E-state index contributed by atoms with van der Waals surface area (Å²) in [6, 6.07) is 0. The number of carbonyl (C=O) groups is 1. The molecule has 1 rings (SSSR count). The van der Waals surface area contributed by atoms with Crippen LogP contribution in [0.15, 0.2) is 0 Å². The van der Waals surface area contributed by atoms with Gasteiger partial charge in [0.2, 0.25) is 5.91 Å². The zero-order valence-electron chi connectivity index (χ0n) is 11.9. The third-order valence-corrected chi connectivity index (χ3v) is 3.63. The van der Waals surface area contributed by atoms with Crippen LogP contribution in [-0.2, 0) is 4.79 Å². The maximum atomic E-state index is 12.1. The van der Waals surface area contributed by atoms with Crippen molar-refractivity contribution >= 4 is 5.91 Å². The van der Waals surface area contributed by atoms with Gasteiger partial charge in [-0.2, -0.15) is 0 Å². The first-order valence-corrected chi connectivity index (χ1v) is 6.99. The fourth-order valence-corrected chi connectivity index (χ4v) is 2.61. The van der Waals surface area contributed by atoms with E-state index in [1.54, 1.807) is 0 Å². The molecule has 0 N–H and O–H groups in total. The first-order valence-electron chi connectivity index (χ1n) is 6.99. The summed E-state index contributed by atoms with van der Waals surface area (Å²) in [6.45, 7) is 10.1. The molecule has 0 aromatic rings. The Morgan fingerprint density at radius 2 is 1.94 bits per heavy atom. The van der Waals surface area contributed by atoms with Gasteiger partial charge in [0.25, 0.3) is 0 Å². The van der Waals surface area contributed by atoms with Gasteiger partial charge >= 0.3 is 0 Å². The van der Waals surface area contributed by atoms with Gasteiger partial charge in [-0.3, -0.25) is 9.69 Å². The van der Waals surface area contributed by atoms with E-state index in [1.807, 2.05) is 11.9 Å². The zero-order valence-corrected chi connectivity index (χ0v) is 11.9. The summed E-state index contributed by atoms with van der Waals surface area (Å²) < 4.78 is 0. The number of piperidine rings is 1. The van der Waals surface area contributed by atoms with Crippen LogP contribution in [0.4, 0.5) is 0 Å². The second kappa shape index (κ2) is 7.00. The lowest BCUT2D eigenvalue weighted by Crippen LogP contribution is -2.43. The van der Waals surface area contributed by atoms with Crippen molar-refractivity contribution in [3.63, 3.8) is 0 Å². The predicted octanol–water partition coefficient (Wildman–Crippen LogP) is 2.22. The predicted molar refractivity (Wildman–Crippen MR) is 71.9 cm³/mol. The molecule has 1 saturated heterocycles. The topological polar surface area (TPSA) is 23.6 Å². The lowest BCUT2D eigenvalue weighted by Gasteiger charge is -2.32. The Morgan fingerprint density at radius 3 is 2.41 bits per heavy atom. The van der Waals surface area contributed by atoms with Crippen LogP contribution in [0.25, 0.3) is 0 Å². The molecule has 0 unspecified atom stereocenters. The first-order chi connectivity index (χ1) is 8.02. The van der Waals surface area contributed by atoms with E-state index in [4.69, 9.17) is 0 Å². The largest absolute Gasteiger partial charge is 0.342 e. The Kier molecular flexibility index (Phi) is 5.96. The van der Waals surface area contributed by atoms with Crippen molar-refractivity contribution in [3.8, 4) is 0 Å². The second-order valence-corrected chi connectivity index (χ2v) is 5.82. The van der Waals surface area contributed by atoms with Crippen LogP contribution >= 0.6 is 0 Å². The van der Waals surface area contributed by atoms with Crippen LogP contribution in [0.3, 0.4) is 0 Å². The molecule has 3 nitrogen and oxygen atoms in total. The van der Waals surface area contributed by atoms with Crippen molar-refractivity contribution in [3.05, 3.63) is 0 Å². The molecule has 1 amide bonds. The van der Waals surface area contributed by atoms with Crippen LogP contribution in [0.2, 0.25) is 0 Å². The Hall–Kier alpha value is -0.570. The van der Waals surface area contributed by atoms with Gasteiger partial charge in [-0.1, -0.05) is 27.2 Å². The molecule has 0 saturated carbocycles. The summed E-state index contributed by atoms with van der Waals surface area (Å²) in [4.78, 5) is 16.3. The molecule has 1 heterocycles. The highest BCUT2D eigenvalue weighted by molar-refractivity contribution is 5.78. The summed E-state index contributed by atoms with van der Waals surface area (Å²) in [7, 11) is 2.04. The molecule has 1 fully saturated rings. The van der Waals surface area contributed by atoms with Crippen LogP contribution in [-0.4, -0.2) is 48.9 Å². The summed E-state index contributed by atoms with van der Waals surface area (Å²) in [5.41, 5.74) is 0. The van der Waals surface area contributed by atoms with Crippen molar-refractivity contribution in [2.75, 3.05) is 33.2 Å². The molecular formula is C14H28N2O. The highest BCUT2D eigenvalue weighted by Gasteiger charge is 2.22. The van der Waals surface area contributed by atoms with Crippen molar-refractivity contribution in [2.24, 2.45) is 11.8 Å². The molecule has 3 heteroatoms. The molecule has 1 aliphatic rings. The zero-order chi connectivity index (χ0) is 12.8. The minimum absolute atomic E-state index is 0.308. The fraction of sp³-hybridized carbons (Fsp3) is 0.929.